The van der Waals surface area contributed by atoms with Crippen molar-refractivity contribution in [3.8, 4) is 17.1 Å². The van der Waals surface area contributed by atoms with Crippen LogP contribution >= 0.6 is 11.3 Å². The van der Waals surface area contributed by atoms with Crippen LogP contribution in [0.4, 0.5) is 0 Å². The Labute approximate surface area is 166 Å². The fourth-order valence-corrected chi connectivity index (χ4v) is 3.52. The van der Waals surface area contributed by atoms with Gasteiger partial charge in [-0.05, 0) is 46.0 Å². The number of ether oxygens (including phenoxy) is 1. The van der Waals surface area contributed by atoms with Crippen LogP contribution in [0.3, 0.4) is 0 Å². The van der Waals surface area contributed by atoms with E-state index in [0.29, 0.717) is 31.1 Å². The van der Waals surface area contributed by atoms with Gasteiger partial charge in [-0.15, -0.1) is 0 Å². The molecule has 0 aliphatic heterocycles. The maximum absolute atomic E-state index is 12.2. The van der Waals surface area contributed by atoms with Gasteiger partial charge in [0, 0.05) is 30.3 Å². The highest BCUT2D eigenvalue weighted by Crippen LogP contribution is 2.22. The van der Waals surface area contributed by atoms with Crippen LogP contribution in [0.2, 0.25) is 0 Å². The van der Waals surface area contributed by atoms with Gasteiger partial charge in [-0.1, -0.05) is 23.4 Å². The fraction of sp³-hybridized carbons (Fsp3) is 0.190. The van der Waals surface area contributed by atoms with Crippen molar-refractivity contribution in [2.24, 2.45) is 0 Å². The molecule has 4 aromatic rings. The summed E-state index contributed by atoms with van der Waals surface area (Å²) in [6.07, 6.45) is 0.719. The number of fused-ring (bicyclic) bond motifs is 1. The lowest BCUT2D eigenvalue weighted by atomic mass is 10.1. The number of hydrogen-bond acceptors (Lipinski definition) is 6. The quantitative estimate of drug-likeness (QED) is 0.509. The Hall–Kier alpha value is -3.19. The summed E-state index contributed by atoms with van der Waals surface area (Å²) < 4.78 is 10.5. The van der Waals surface area contributed by atoms with E-state index in [1.165, 1.54) is 0 Å². The van der Waals surface area contributed by atoms with Crippen molar-refractivity contribution in [3.63, 3.8) is 0 Å². The first-order valence-corrected chi connectivity index (χ1v) is 9.84. The first-order chi connectivity index (χ1) is 13.7. The number of thiophene rings is 1. The summed E-state index contributed by atoms with van der Waals surface area (Å²) in [5, 5.41) is 13.0. The standard InChI is InChI=1S/C21H19N3O3S/c1-26-18-5-4-15-10-14(2-3-16(15)11-18)12-22-19(25)6-7-20-23-21(24-27-20)17-8-9-28-13-17/h2-5,8-11,13H,6-7,12H2,1H3,(H,22,25). The summed E-state index contributed by atoms with van der Waals surface area (Å²) in [4.78, 5) is 16.5. The van der Waals surface area contributed by atoms with E-state index in [1.807, 2.05) is 47.2 Å². The first kappa shape index (κ1) is 18.2. The van der Waals surface area contributed by atoms with E-state index < -0.39 is 0 Å². The van der Waals surface area contributed by atoms with E-state index in [1.54, 1.807) is 18.4 Å². The SMILES string of the molecule is COc1ccc2cc(CNC(=O)CCc3nc(-c4ccsc4)no3)ccc2c1. The molecule has 0 spiro atoms. The fourth-order valence-electron chi connectivity index (χ4n) is 2.89. The number of nitrogens with one attached hydrogen (secondary N) is 1. The Balaban J connectivity index is 1.30. The van der Waals surface area contributed by atoms with Crippen molar-refractivity contribution in [3.05, 3.63) is 64.7 Å². The summed E-state index contributed by atoms with van der Waals surface area (Å²) in [5.74, 6) is 1.81. The molecular weight excluding hydrogens is 374 g/mol. The van der Waals surface area contributed by atoms with Gasteiger partial charge >= 0.3 is 0 Å². The third kappa shape index (κ3) is 4.20. The van der Waals surface area contributed by atoms with Crippen molar-refractivity contribution in [2.45, 2.75) is 19.4 Å². The molecule has 0 fully saturated rings. The molecule has 28 heavy (non-hydrogen) atoms. The van der Waals surface area contributed by atoms with Gasteiger partial charge in [-0.2, -0.15) is 16.3 Å². The molecule has 7 heteroatoms. The second-order valence-corrected chi connectivity index (χ2v) is 7.13. The molecule has 0 radical (unpaired) electrons. The third-order valence-electron chi connectivity index (χ3n) is 4.41. The lowest BCUT2D eigenvalue weighted by Crippen LogP contribution is -2.23. The van der Waals surface area contributed by atoms with E-state index in [-0.39, 0.29) is 5.91 Å². The maximum atomic E-state index is 12.2. The molecule has 2 aromatic heterocycles. The molecule has 0 saturated carbocycles. The minimum atomic E-state index is -0.0508. The summed E-state index contributed by atoms with van der Waals surface area (Å²) in [7, 11) is 1.66. The second-order valence-electron chi connectivity index (χ2n) is 6.35. The second kappa shape index (κ2) is 8.22. The van der Waals surface area contributed by atoms with Crippen LogP contribution in [0.15, 0.2) is 57.7 Å². The predicted molar refractivity (Wildman–Crippen MR) is 108 cm³/mol. The van der Waals surface area contributed by atoms with Crippen molar-refractivity contribution < 1.29 is 14.1 Å². The molecule has 0 atom stereocenters. The summed E-state index contributed by atoms with van der Waals surface area (Å²) in [5.41, 5.74) is 1.97. The maximum Gasteiger partial charge on any atom is 0.227 e. The van der Waals surface area contributed by atoms with Crippen LogP contribution in [0.5, 0.6) is 5.75 Å². The van der Waals surface area contributed by atoms with Gasteiger partial charge in [0.1, 0.15) is 5.75 Å². The average Bonchev–Trinajstić information content (AvgIpc) is 3.41. The lowest BCUT2D eigenvalue weighted by molar-refractivity contribution is -0.121. The normalized spacial score (nSPS) is 10.9. The van der Waals surface area contributed by atoms with E-state index in [9.17, 15) is 4.79 Å². The van der Waals surface area contributed by atoms with Crippen LogP contribution in [0, 0.1) is 0 Å². The highest BCUT2D eigenvalue weighted by atomic mass is 32.1. The summed E-state index contributed by atoms with van der Waals surface area (Å²) >= 11 is 1.58. The van der Waals surface area contributed by atoms with Gasteiger partial charge in [-0.25, -0.2) is 0 Å². The number of methoxy groups -OCH3 is 1. The number of benzene rings is 2. The van der Waals surface area contributed by atoms with Crippen molar-refractivity contribution in [1.82, 2.24) is 15.5 Å². The topological polar surface area (TPSA) is 77.2 Å². The lowest BCUT2D eigenvalue weighted by Gasteiger charge is -2.07. The Morgan fingerprint density at radius 1 is 1.18 bits per heavy atom. The molecule has 2 aromatic carbocycles. The Kier molecular flexibility index (Phi) is 5.34. The largest absolute Gasteiger partial charge is 0.497 e. The van der Waals surface area contributed by atoms with E-state index in [0.717, 1.165) is 27.6 Å². The van der Waals surface area contributed by atoms with Crippen molar-refractivity contribution in [1.29, 1.82) is 0 Å². The highest BCUT2D eigenvalue weighted by molar-refractivity contribution is 7.08. The molecule has 1 N–H and O–H groups in total. The zero-order valence-corrected chi connectivity index (χ0v) is 16.2. The van der Waals surface area contributed by atoms with Crippen LogP contribution in [-0.2, 0) is 17.8 Å². The molecule has 142 valence electrons. The van der Waals surface area contributed by atoms with Gasteiger partial charge < -0.3 is 14.6 Å². The molecule has 4 rings (SSSR count). The molecular formula is C21H19N3O3S. The van der Waals surface area contributed by atoms with E-state index in [2.05, 4.69) is 21.5 Å². The number of rotatable bonds is 7. The minimum absolute atomic E-state index is 0.0508. The molecule has 1 amide bonds. The smallest absolute Gasteiger partial charge is 0.227 e. The molecule has 0 saturated heterocycles. The van der Waals surface area contributed by atoms with Gasteiger partial charge in [-0.3, -0.25) is 4.79 Å². The number of aromatic nitrogens is 2. The number of hydrogen-bond donors (Lipinski definition) is 1. The van der Waals surface area contributed by atoms with E-state index >= 15 is 0 Å². The number of nitrogens with zero attached hydrogens (tertiary/aromatic N) is 2. The molecule has 0 unspecified atom stereocenters. The summed E-state index contributed by atoms with van der Waals surface area (Å²) in [6.45, 7) is 0.477. The van der Waals surface area contributed by atoms with Crippen molar-refractivity contribution in [2.75, 3.05) is 7.11 Å². The van der Waals surface area contributed by atoms with E-state index in [4.69, 9.17) is 9.26 Å². The number of aryl methyl sites for hydroxylation is 1. The number of carbonyl (C=O) groups is 1. The molecule has 0 aliphatic rings. The zero-order chi connectivity index (χ0) is 19.3. The summed E-state index contributed by atoms with van der Waals surface area (Å²) in [6, 6.07) is 14.0. The van der Waals surface area contributed by atoms with Gasteiger partial charge in [0.2, 0.25) is 17.6 Å². The van der Waals surface area contributed by atoms with Gasteiger partial charge in [0.05, 0.1) is 7.11 Å². The first-order valence-electron chi connectivity index (χ1n) is 8.90. The Morgan fingerprint density at radius 3 is 2.86 bits per heavy atom. The van der Waals surface area contributed by atoms with Crippen LogP contribution in [-0.4, -0.2) is 23.2 Å². The van der Waals surface area contributed by atoms with Crippen LogP contribution < -0.4 is 10.1 Å². The zero-order valence-electron chi connectivity index (χ0n) is 15.3. The van der Waals surface area contributed by atoms with Crippen LogP contribution in [0.25, 0.3) is 22.2 Å². The van der Waals surface area contributed by atoms with Crippen molar-refractivity contribution >= 4 is 28.0 Å². The Bertz CT molecular complexity index is 1090. The molecule has 0 aliphatic carbocycles. The minimum Gasteiger partial charge on any atom is -0.497 e. The molecule has 0 bridgehead atoms. The predicted octanol–water partition coefficient (Wildman–Crippen LogP) is 4.21. The average molecular weight is 393 g/mol. The Morgan fingerprint density at radius 2 is 2.04 bits per heavy atom. The molecule has 2 heterocycles. The van der Waals surface area contributed by atoms with Crippen LogP contribution in [0.1, 0.15) is 17.9 Å². The molecule has 6 nitrogen and oxygen atoms in total. The third-order valence-corrected chi connectivity index (χ3v) is 5.10. The monoisotopic (exact) mass is 393 g/mol. The van der Waals surface area contributed by atoms with Gasteiger partial charge in [0.25, 0.3) is 0 Å². The highest BCUT2D eigenvalue weighted by Gasteiger charge is 2.11. The van der Waals surface area contributed by atoms with Gasteiger partial charge in [0.15, 0.2) is 0 Å². The number of carbonyl (C=O) groups excluding carboxylic acids is 1. The number of amides is 1.